The zero-order chi connectivity index (χ0) is 14.3. The number of anilines is 2. The van der Waals surface area contributed by atoms with Crippen molar-refractivity contribution in [3.8, 4) is 0 Å². The van der Waals surface area contributed by atoms with Gasteiger partial charge in [0.1, 0.15) is 0 Å². The number of hydrogen-bond donors (Lipinski definition) is 3. The van der Waals surface area contributed by atoms with Gasteiger partial charge in [0.05, 0.1) is 16.3 Å². The number of aromatic carboxylic acids is 1. The van der Waals surface area contributed by atoms with Crippen LogP contribution in [-0.4, -0.2) is 30.8 Å². The quantitative estimate of drug-likeness (QED) is 0.505. The number of benzene rings is 1. The zero-order valence-electron chi connectivity index (χ0n) is 10.9. The minimum Gasteiger partial charge on any atom is -0.478 e. The molecule has 0 amide bonds. The highest BCUT2D eigenvalue weighted by Gasteiger charge is 2.14. The summed E-state index contributed by atoms with van der Waals surface area (Å²) >= 11 is 6.00. The van der Waals surface area contributed by atoms with Gasteiger partial charge in [0, 0.05) is 25.4 Å². The summed E-state index contributed by atoms with van der Waals surface area (Å²) < 4.78 is 5.34. The number of carboxylic acid groups (broad SMARTS) is 1. The number of ether oxygens (including phenoxy) is 1. The van der Waals surface area contributed by atoms with Crippen LogP contribution in [0.1, 0.15) is 30.1 Å². The SMILES string of the molecule is CCCOCCCNc1c(Cl)cc(N)cc1C(=O)O. The summed E-state index contributed by atoms with van der Waals surface area (Å²) in [5, 5.41) is 12.4. The van der Waals surface area contributed by atoms with Gasteiger partial charge < -0.3 is 20.9 Å². The maximum atomic E-state index is 11.1. The summed E-state index contributed by atoms with van der Waals surface area (Å²) in [6.07, 6.45) is 1.76. The third-order valence-corrected chi connectivity index (χ3v) is 2.76. The molecule has 0 fully saturated rings. The Balaban J connectivity index is 2.59. The fourth-order valence-electron chi connectivity index (χ4n) is 1.61. The summed E-state index contributed by atoms with van der Waals surface area (Å²) in [6.45, 7) is 4.01. The van der Waals surface area contributed by atoms with Crippen LogP contribution in [0.25, 0.3) is 0 Å². The van der Waals surface area contributed by atoms with Crippen LogP contribution in [0, 0.1) is 0 Å². The number of carboxylic acids is 1. The maximum absolute atomic E-state index is 11.1. The number of halogens is 1. The normalized spacial score (nSPS) is 10.4. The molecule has 0 saturated heterocycles. The minimum atomic E-state index is -1.06. The molecular formula is C13H19ClN2O3. The topological polar surface area (TPSA) is 84.6 Å². The van der Waals surface area contributed by atoms with Gasteiger partial charge in [-0.25, -0.2) is 4.79 Å². The van der Waals surface area contributed by atoms with Crippen LogP contribution in [0.3, 0.4) is 0 Å². The summed E-state index contributed by atoms with van der Waals surface area (Å²) in [5.74, 6) is -1.06. The molecule has 0 atom stereocenters. The first-order valence-electron chi connectivity index (χ1n) is 6.20. The number of rotatable bonds is 8. The van der Waals surface area contributed by atoms with Gasteiger partial charge in [-0.15, -0.1) is 0 Å². The van der Waals surface area contributed by atoms with Crippen molar-refractivity contribution in [2.45, 2.75) is 19.8 Å². The maximum Gasteiger partial charge on any atom is 0.337 e. The Bertz CT molecular complexity index is 438. The van der Waals surface area contributed by atoms with Crippen LogP contribution in [0.5, 0.6) is 0 Å². The predicted octanol–water partition coefficient (Wildman–Crippen LogP) is 2.85. The van der Waals surface area contributed by atoms with E-state index in [0.29, 0.717) is 29.5 Å². The third kappa shape index (κ3) is 4.96. The van der Waals surface area contributed by atoms with Crippen molar-refractivity contribution in [1.82, 2.24) is 0 Å². The van der Waals surface area contributed by atoms with E-state index in [1.807, 2.05) is 6.92 Å². The number of nitrogens with one attached hydrogen (secondary N) is 1. The average molecular weight is 287 g/mol. The molecule has 0 aliphatic heterocycles. The lowest BCUT2D eigenvalue weighted by molar-refractivity contribution is 0.0698. The molecule has 4 N–H and O–H groups in total. The Morgan fingerprint density at radius 3 is 2.84 bits per heavy atom. The Hall–Kier alpha value is -1.46. The number of carbonyl (C=O) groups is 1. The number of nitrogen functional groups attached to an aromatic ring is 1. The molecule has 1 rings (SSSR count). The van der Waals surface area contributed by atoms with Crippen molar-refractivity contribution in [1.29, 1.82) is 0 Å². The van der Waals surface area contributed by atoms with Gasteiger partial charge in [0.25, 0.3) is 0 Å². The Morgan fingerprint density at radius 1 is 1.47 bits per heavy atom. The number of nitrogens with two attached hydrogens (primary N) is 1. The van der Waals surface area contributed by atoms with E-state index in [0.717, 1.165) is 19.4 Å². The summed E-state index contributed by atoms with van der Waals surface area (Å²) in [4.78, 5) is 11.1. The first-order chi connectivity index (χ1) is 9.06. The molecule has 1 aromatic rings. The molecule has 106 valence electrons. The standard InChI is InChI=1S/C13H19ClN2O3/c1-2-5-19-6-3-4-16-12-10(13(17)18)7-9(15)8-11(12)14/h7-8,16H,2-6,15H2,1H3,(H,17,18). The van der Waals surface area contributed by atoms with E-state index in [4.69, 9.17) is 27.2 Å². The van der Waals surface area contributed by atoms with Gasteiger partial charge >= 0.3 is 5.97 Å². The Kier molecular flexibility index (Phi) is 6.45. The molecule has 0 spiro atoms. The van der Waals surface area contributed by atoms with E-state index in [1.165, 1.54) is 12.1 Å². The van der Waals surface area contributed by atoms with Gasteiger partial charge in [-0.2, -0.15) is 0 Å². The average Bonchev–Trinajstić information content (AvgIpc) is 2.34. The van der Waals surface area contributed by atoms with Gasteiger partial charge in [0.15, 0.2) is 0 Å². The lowest BCUT2D eigenvalue weighted by atomic mass is 10.1. The first kappa shape index (κ1) is 15.6. The van der Waals surface area contributed by atoms with Crippen LogP contribution >= 0.6 is 11.6 Å². The molecule has 0 radical (unpaired) electrons. The molecule has 0 aliphatic carbocycles. The van der Waals surface area contributed by atoms with Crippen molar-refractivity contribution in [3.63, 3.8) is 0 Å². The largest absolute Gasteiger partial charge is 0.478 e. The van der Waals surface area contributed by atoms with Crippen LogP contribution in [0.2, 0.25) is 5.02 Å². The van der Waals surface area contributed by atoms with E-state index in [1.54, 1.807) is 0 Å². The predicted molar refractivity (Wildman–Crippen MR) is 77.0 cm³/mol. The van der Waals surface area contributed by atoms with Crippen LogP contribution in [0.15, 0.2) is 12.1 Å². The van der Waals surface area contributed by atoms with Gasteiger partial charge in [-0.05, 0) is 25.0 Å². The first-order valence-corrected chi connectivity index (χ1v) is 6.58. The van der Waals surface area contributed by atoms with Crippen molar-refractivity contribution < 1.29 is 14.6 Å². The lowest BCUT2D eigenvalue weighted by Crippen LogP contribution is -2.11. The van der Waals surface area contributed by atoms with E-state index < -0.39 is 5.97 Å². The smallest absolute Gasteiger partial charge is 0.337 e. The highest BCUT2D eigenvalue weighted by molar-refractivity contribution is 6.34. The van der Waals surface area contributed by atoms with Crippen molar-refractivity contribution >= 4 is 28.9 Å². The highest BCUT2D eigenvalue weighted by Crippen LogP contribution is 2.29. The summed E-state index contributed by atoms with van der Waals surface area (Å²) in [7, 11) is 0. The third-order valence-electron chi connectivity index (χ3n) is 2.46. The molecule has 0 bridgehead atoms. The second-order valence-corrected chi connectivity index (χ2v) is 4.53. The van der Waals surface area contributed by atoms with Crippen molar-refractivity contribution in [2.24, 2.45) is 0 Å². The molecule has 1 aromatic carbocycles. The zero-order valence-corrected chi connectivity index (χ0v) is 11.7. The minimum absolute atomic E-state index is 0.0828. The lowest BCUT2D eigenvalue weighted by Gasteiger charge is -2.12. The van der Waals surface area contributed by atoms with Crippen LogP contribution in [-0.2, 0) is 4.74 Å². The second kappa shape index (κ2) is 7.86. The van der Waals surface area contributed by atoms with Crippen LogP contribution in [0.4, 0.5) is 11.4 Å². The highest BCUT2D eigenvalue weighted by atomic mass is 35.5. The van der Waals surface area contributed by atoms with E-state index in [2.05, 4.69) is 5.32 Å². The Morgan fingerprint density at radius 2 is 2.21 bits per heavy atom. The number of hydrogen-bond acceptors (Lipinski definition) is 4. The van der Waals surface area contributed by atoms with E-state index >= 15 is 0 Å². The fourth-order valence-corrected chi connectivity index (χ4v) is 1.90. The molecule has 0 heterocycles. The molecule has 6 heteroatoms. The molecule has 19 heavy (non-hydrogen) atoms. The molecule has 0 saturated carbocycles. The van der Waals surface area contributed by atoms with Gasteiger partial charge in [0.2, 0.25) is 0 Å². The molecule has 0 aromatic heterocycles. The van der Waals surface area contributed by atoms with Crippen molar-refractivity contribution in [2.75, 3.05) is 30.8 Å². The monoisotopic (exact) mass is 286 g/mol. The molecule has 5 nitrogen and oxygen atoms in total. The molecule has 0 aliphatic rings. The Labute approximate surface area is 117 Å². The summed E-state index contributed by atoms with van der Waals surface area (Å²) in [5.41, 5.74) is 6.40. The van der Waals surface area contributed by atoms with Crippen LogP contribution < -0.4 is 11.1 Å². The van der Waals surface area contributed by atoms with Gasteiger partial charge in [-0.3, -0.25) is 0 Å². The van der Waals surface area contributed by atoms with Gasteiger partial charge in [-0.1, -0.05) is 18.5 Å². The van der Waals surface area contributed by atoms with Crippen molar-refractivity contribution in [3.05, 3.63) is 22.7 Å². The summed E-state index contributed by atoms with van der Waals surface area (Å²) in [6, 6.07) is 2.92. The molecular weight excluding hydrogens is 268 g/mol. The van der Waals surface area contributed by atoms with E-state index in [9.17, 15) is 4.79 Å². The van der Waals surface area contributed by atoms with E-state index in [-0.39, 0.29) is 5.56 Å². The molecule has 0 unspecified atom stereocenters. The fraction of sp³-hybridized carbons (Fsp3) is 0.462. The second-order valence-electron chi connectivity index (χ2n) is 4.12.